The van der Waals surface area contributed by atoms with E-state index in [1.54, 1.807) is 0 Å². The van der Waals surface area contributed by atoms with E-state index in [-0.39, 0.29) is 46.0 Å². The van der Waals surface area contributed by atoms with Crippen LogP contribution < -0.4 is 20.7 Å². The van der Waals surface area contributed by atoms with Crippen LogP contribution in [-0.4, -0.2) is 36.7 Å². The molecule has 0 spiro atoms. The molecule has 0 amide bonds. The van der Waals surface area contributed by atoms with Crippen molar-refractivity contribution in [1.82, 2.24) is 28.7 Å². The molecule has 0 unspecified atom stereocenters. The Balaban J connectivity index is 1.06. The lowest BCUT2D eigenvalue weighted by Gasteiger charge is -2.34. The number of nitrogens with zero attached hydrogens (tertiary/aromatic N) is 6. The predicted octanol–water partition coefficient (Wildman–Crippen LogP) is 13.9. The fourth-order valence-corrected chi connectivity index (χ4v) is 16.1. The van der Waals surface area contributed by atoms with Crippen LogP contribution in [0.4, 0.5) is 0 Å². The third-order valence-corrected chi connectivity index (χ3v) is 19.4. The highest BCUT2D eigenvalue weighted by atomic mass is 28.3. The van der Waals surface area contributed by atoms with E-state index in [0.717, 1.165) is 81.3 Å². The second kappa shape index (κ2) is 17.6. The van der Waals surface area contributed by atoms with Gasteiger partial charge in [-0.15, -0.1) is 0 Å². The first-order valence-corrected chi connectivity index (χ1v) is 27.1. The van der Waals surface area contributed by atoms with Crippen LogP contribution >= 0.6 is 0 Å². The Labute approximate surface area is 452 Å². The highest BCUT2D eigenvalue weighted by Gasteiger charge is 2.41. The van der Waals surface area contributed by atoms with Gasteiger partial charge in [-0.3, -0.25) is 4.57 Å². The number of fused-ring (bicyclic) bond motifs is 9. The van der Waals surface area contributed by atoms with E-state index in [1.165, 1.54) is 0 Å². The number of hydrogen-bond acceptors (Lipinski definition) is 3. The average Bonchev–Trinajstić information content (AvgIpc) is 1.63. The fraction of sp³-hybridized carbons (Fsp3) is 0. The molecule has 356 valence electrons. The van der Waals surface area contributed by atoms with Gasteiger partial charge in [0.1, 0.15) is 0 Å². The predicted molar refractivity (Wildman–Crippen MR) is 317 cm³/mol. The lowest BCUT2D eigenvalue weighted by molar-refractivity contribution is 0.950. The second-order valence-electron chi connectivity index (χ2n) is 18.8. The topological polar surface area (TPSA) is 53.5 Å². The molecule has 4 aromatic heterocycles. The summed E-state index contributed by atoms with van der Waals surface area (Å²) in [6.07, 6.45) is 0. The van der Waals surface area contributed by atoms with Crippen molar-refractivity contribution in [3.8, 4) is 40.1 Å². The van der Waals surface area contributed by atoms with Crippen molar-refractivity contribution in [3.63, 3.8) is 0 Å². The number of aromatic nitrogens is 6. The van der Waals surface area contributed by atoms with Crippen LogP contribution in [0.3, 0.4) is 0 Å². The minimum atomic E-state index is -3.79. The van der Waals surface area contributed by atoms with Crippen LogP contribution in [0, 0.1) is 0 Å². The maximum absolute atomic E-state index is 10.6. The van der Waals surface area contributed by atoms with Gasteiger partial charge in [0.2, 0.25) is 5.95 Å². The van der Waals surface area contributed by atoms with Crippen molar-refractivity contribution in [3.05, 3.63) is 279 Å². The van der Waals surface area contributed by atoms with Crippen LogP contribution in [-0.2, 0) is 0 Å². The van der Waals surface area contributed by atoms with Crippen LogP contribution in [0.15, 0.2) is 279 Å². The Hall–Kier alpha value is -9.95. The SMILES string of the molecule is [2H]c1c([2H])c([2H])c(-c2nc(-c3c([2H])c([2H])c([2H])c([Si](c4ccccc4)(c4ccccc4)c4ccccc4)c3[2H])nc(-n3c4ccccc4c4cccc(-n5c6ccccc6c6ccc(-n7c8ccccc8c8ccccc87)cc65)c43)n2)c([2H])c1[2H]. The second-order valence-corrected chi connectivity index (χ2v) is 22.6. The van der Waals surface area contributed by atoms with Crippen molar-refractivity contribution in [2.24, 2.45) is 0 Å². The number of benzene rings is 11. The molecule has 0 saturated carbocycles. The molecule has 0 aliphatic heterocycles. The van der Waals surface area contributed by atoms with Gasteiger partial charge in [0, 0.05) is 49.1 Å². The van der Waals surface area contributed by atoms with E-state index in [1.807, 2.05) is 150 Å². The van der Waals surface area contributed by atoms with E-state index in [9.17, 15) is 8.22 Å². The molecule has 0 aliphatic rings. The highest BCUT2D eigenvalue weighted by Crippen LogP contribution is 2.41. The van der Waals surface area contributed by atoms with Crippen molar-refractivity contribution in [1.29, 1.82) is 0 Å². The van der Waals surface area contributed by atoms with Gasteiger partial charge in [-0.2, -0.15) is 9.97 Å². The monoisotopic (exact) mass is 995 g/mol. The molecule has 15 aromatic rings. The van der Waals surface area contributed by atoms with Crippen LogP contribution in [0.25, 0.3) is 106 Å². The molecule has 0 fully saturated rings. The van der Waals surface area contributed by atoms with E-state index >= 15 is 0 Å². The van der Waals surface area contributed by atoms with Gasteiger partial charge >= 0.3 is 0 Å². The third kappa shape index (κ3) is 6.69. The first-order valence-electron chi connectivity index (χ1n) is 29.6. The minimum Gasteiger partial charge on any atom is -0.309 e. The summed E-state index contributed by atoms with van der Waals surface area (Å²) in [5.74, 6) is -0.617. The Morgan fingerprint density at radius 2 is 0.789 bits per heavy atom. The molecule has 0 atom stereocenters. The largest absolute Gasteiger partial charge is 0.309 e. The van der Waals surface area contributed by atoms with Crippen LogP contribution in [0.1, 0.15) is 12.3 Å². The maximum atomic E-state index is 10.6. The molecule has 76 heavy (non-hydrogen) atoms. The zero-order valence-corrected chi connectivity index (χ0v) is 41.5. The average molecular weight is 996 g/mol. The molecule has 0 N–H and O–H groups in total. The smallest absolute Gasteiger partial charge is 0.238 e. The first-order chi connectivity index (χ1) is 41.5. The minimum absolute atomic E-state index is 0.0447. The third-order valence-electron chi connectivity index (χ3n) is 14.8. The van der Waals surface area contributed by atoms with Gasteiger partial charge in [-0.1, -0.05) is 236 Å². The fourth-order valence-electron chi connectivity index (χ4n) is 11.6. The Bertz CT molecular complexity index is 5080. The summed E-state index contributed by atoms with van der Waals surface area (Å²) in [7, 11) is -3.79. The number of rotatable bonds is 9. The van der Waals surface area contributed by atoms with Crippen LogP contribution in [0.5, 0.6) is 0 Å². The summed E-state index contributed by atoms with van der Waals surface area (Å²) in [4.78, 5) is 15.4. The molecule has 6 nitrogen and oxygen atoms in total. The molecular formula is C69H46N6Si. The van der Waals surface area contributed by atoms with E-state index < -0.39 is 50.4 Å². The normalized spacial score (nSPS) is 13.6. The summed E-state index contributed by atoms with van der Waals surface area (Å²) >= 11 is 0. The van der Waals surface area contributed by atoms with Crippen molar-refractivity contribution < 1.29 is 12.3 Å². The molecule has 0 bridgehead atoms. The molecule has 0 radical (unpaired) electrons. The van der Waals surface area contributed by atoms with Crippen molar-refractivity contribution >= 4 is 94.2 Å². The summed E-state index contributed by atoms with van der Waals surface area (Å²) < 4.78 is 91.6. The zero-order chi connectivity index (χ0) is 58.0. The summed E-state index contributed by atoms with van der Waals surface area (Å²) in [5.41, 5.74) is 6.46. The molecule has 0 aliphatic carbocycles. The highest BCUT2D eigenvalue weighted by molar-refractivity contribution is 7.19. The van der Waals surface area contributed by atoms with Crippen molar-refractivity contribution in [2.45, 2.75) is 0 Å². The molecular weight excluding hydrogens is 941 g/mol. The molecule has 11 aromatic carbocycles. The lowest BCUT2D eigenvalue weighted by atomic mass is 10.1. The van der Waals surface area contributed by atoms with Gasteiger partial charge in [0.05, 0.1) is 51.1 Å². The van der Waals surface area contributed by atoms with E-state index in [0.29, 0.717) is 11.0 Å². The first kappa shape index (κ1) is 35.2. The quantitative estimate of drug-likeness (QED) is 0.107. The van der Waals surface area contributed by atoms with Crippen molar-refractivity contribution in [2.75, 3.05) is 0 Å². The Morgan fingerprint density at radius 3 is 1.37 bits per heavy atom. The van der Waals surface area contributed by atoms with Gasteiger partial charge in [0.25, 0.3) is 0 Å². The van der Waals surface area contributed by atoms with Gasteiger partial charge in [0.15, 0.2) is 19.7 Å². The summed E-state index contributed by atoms with van der Waals surface area (Å²) in [5, 5.41) is 8.68. The zero-order valence-electron chi connectivity index (χ0n) is 49.5. The molecule has 0 saturated heterocycles. The van der Waals surface area contributed by atoms with E-state index in [4.69, 9.17) is 19.1 Å². The van der Waals surface area contributed by atoms with Crippen LogP contribution in [0.2, 0.25) is 0 Å². The maximum Gasteiger partial charge on any atom is 0.238 e. The standard InChI is InChI=1S/C69H46N6Si/c1-5-23-47(24-6-1)67-70-68(48-25-21-32-53(45-48)76(50-26-7-2-8-27-50,51-28-9-3-10-29-51)52-30-11-4-12-31-52)72-69(71-67)75-63-41-20-16-36-57(63)59-37-22-42-64(66(59)75)74-62-40-19-15-35-56(62)58-44-43-49(46-65(58)74)73-60-38-17-13-33-54(60)55-34-14-18-39-61(55)73/h1-46H/i1D,5D,6D,21D,23D,24D,25D,32D,45D. The number of para-hydroxylation sites is 5. The Morgan fingerprint density at radius 1 is 0.329 bits per heavy atom. The Kier molecular flexibility index (Phi) is 8.17. The molecule has 15 rings (SSSR count). The molecule has 4 heterocycles. The number of hydrogen-bond donors (Lipinski definition) is 0. The van der Waals surface area contributed by atoms with Gasteiger partial charge < -0.3 is 9.13 Å². The van der Waals surface area contributed by atoms with Gasteiger partial charge in [-0.25, -0.2) is 4.98 Å². The lowest BCUT2D eigenvalue weighted by Crippen LogP contribution is -2.74. The summed E-state index contributed by atoms with van der Waals surface area (Å²) in [6.45, 7) is 0. The van der Waals surface area contributed by atoms with Gasteiger partial charge in [-0.05, 0) is 63.2 Å². The molecule has 7 heteroatoms. The van der Waals surface area contributed by atoms with E-state index in [2.05, 4.69) is 88.0 Å². The summed E-state index contributed by atoms with van der Waals surface area (Å²) in [6, 6.07) is 70.3.